The fourth-order valence-electron chi connectivity index (χ4n) is 1.73. The molecule has 5 heteroatoms. The molecule has 4 N–H and O–H groups in total. The van der Waals surface area contributed by atoms with Crippen LogP contribution in [0.1, 0.15) is 37.4 Å². The van der Waals surface area contributed by atoms with Crippen molar-refractivity contribution < 1.29 is 0 Å². The van der Waals surface area contributed by atoms with Crippen LogP contribution in [0.15, 0.2) is 6.07 Å². The topological polar surface area (TPSA) is 75.9 Å². The standard InChI is InChI=1S/C11H17N5/c12-16-10-5-9(13-6-7-1-2-7)14-11(15-10)8-3-4-8/h5,7-8H,1-4,6,12H2,(H2,13,14,15,16). The smallest absolute Gasteiger partial charge is 0.145 e. The molecule has 1 aromatic heterocycles. The van der Waals surface area contributed by atoms with Crippen LogP contribution < -0.4 is 16.6 Å². The van der Waals surface area contributed by atoms with Crippen molar-refractivity contribution in [3.05, 3.63) is 11.9 Å². The van der Waals surface area contributed by atoms with E-state index in [1.165, 1.54) is 25.7 Å². The number of nitrogens with two attached hydrogens (primary N) is 1. The van der Waals surface area contributed by atoms with Gasteiger partial charge in [-0.2, -0.15) is 0 Å². The summed E-state index contributed by atoms with van der Waals surface area (Å²) in [5, 5.41) is 3.36. The molecule has 0 atom stereocenters. The van der Waals surface area contributed by atoms with Gasteiger partial charge in [-0.25, -0.2) is 15.8 Å². The summed E-state index contributed by atoms with van der Waals surface area (Å²) in [6, 6.07) is 1.87. The van der Waals surface area contributed by atoms with Crippen LogP contribution in [0.4, 0.5) is 11.6 Å². The molecule has 0 aliphatic heterocycles. The highest BCUT2D eigenvalue weighted by atomic mass is 15.3. The lowest BCUT2D eigenvalue weighted by atomic mass is 10.3. The Bertz CT molecular complexity index is 384. The van der Waals surface area contributed by atoms with Crippen LogP contribution in [0, 0.1) is 5.92 Å². The van der Waals surface area contributed by atoms with Crippen molar-refractivity contribution in [3.8, 4) is 0 Å². The number of nitrogens with one attached hydrogen (secondary N) is 2. The molecular weight excluding hydrogens is 202 g/mol. The van der Waals surface area contributed by atoms with Gasteiger partial charge in [0.1, 0.15) is 17.5 Å². The van der Waals surface area contributed by atoms with E-state index in [0.29, 0.717) is 11.7 Å². The molecule has 2 aliphatic carbocycles. The van der Waals surface area contributed by atoms with Gasteiger partial charge in [-0.15, -0.1) is 0 Å². The predicted octanol–water partition coefficient (Wildman–Crippen LogP) is 1.46. The van der Waals surface area contributed by atoms with Gasteiger partial charge in [-0.3, -0.25) is 0 Å². The number of hydrogen-bond donors (Lipinski definition) is 3. The summed E-state index contributed by atoms with van der Waals surface area (Å²) in [7, 11) is 0. The average Bonchev–Trinajstić information content (AvgIpc) is 3.19. The molecule has 0 radical (unpaired) electrons. The van der Waals surface area contributed by atoms with E-state index in [0.717, 1.165) is 24.1 Å². The molecule has 0 bridgehead atoms. The molecule has 3 rings (SSSR count). The molecule has 0 spiro atoms. The molecule has 0 amide bonds. The Morgan fingerprint density at radius 2 is 1.94 bits per heavy atom. The van der Waals surface area contributed by atoms with Crippen LogP contribution >= 0.6 is 0 Å². The fraction of sp³-hybridized carbons (Fsp3) is 0.636. The lowest BCUT2D eigenvalue weighted by Crippen LogP contribution is -2.13. The quantitative estimate of drug-likeness (QED) is 0.516. The maximum atomic E-state index is 5.41. The molecular formula is C11H17N5. The van der Waals surface area contributed by atoms with Crippen molar-refractivity contribution in [1.82, 2.24) is 9.97 Å². The summed E-state index contributed by atoms with van der Waals surface area (Å²) in [6.45, 7) is 1.02. The Labute approximate surface area is 94.8 Å². The van der Waals surface area contributed by atoms with E-state index in [-0.39, 0.29) is 0 Å². The zero-order chi connectivity index (χ0) is 11.0. The van der Waals surface area contributed by atoms with E-state index in [4.69, 9.17) is 5.84 Å². The van der Waals surface area contributed by atoms with Crippen LogP contribution in [-0.2, 0) is 0 Å². The van der Waals surface area contributed by atoms with Crippen LogP contribution in [0.2, 0.25) is 0 Å². The van der Waals surface area contributed by atoms with E-state index < -0.39 is 0 Å². The summed E-state index contributed by atoms with van der Waals surface area (Å²) < 4.78 is 0. The van der Waals surface area contributed by atoms with Gasteiger partial charge in [-0.1, -0.05) is 0 Å². The fourth-order valence-corrected chi connectivity index (χ4v) is 1.73. The molecule has 2 aliphatic rings. The third-order valence-corrected chi connectivity index (χ3v) is 3.10. The lowest BCUT2D eigenvalue weighted by molar-refractivity contribution is 0.866. The monoisotopic (exact) mass is 219 g/mol. The number of anilines is 2. The van der Waals surface area contributed by atoms with Crippen LogP contribution in [-0.4, -0.2) is 16.5 Å². The SMILES string of the molecule is NNc1cc(NCC2CC2)nc(C2CC2)n1. The maximum absolute atomic E-state index is 5.41. The van der Waals surface area contributed by atoms with Crippen molar-refractivity contribution in [3.63, 3.8) is 0 Å². The molecule has 16 heavy (non-hydrogen) atoms. The van der Waals surface area contributed by atoms with Gasteiger partial charge in [0.15, 0.2) is 0 Å². The summed E-state index contributed by atoms with van der Waals surface area (Å²) in [5.41, 5.74) is 2.60. The maximum Gasteiger partial charge on any atom is 0.145 e. The van der Waals surface area contributed by atoms with Crippen LogP contribution in [0.3, 0.4) is 0 Å². The van der Waals surface area contributed by atoms with Gasteiger partial charge in [-0.05, 0) is 31.6 Å². The molecule has 0 aromatic carbocycles. The van der Waals surface area contributed by atoms with Gasteiger partial charge < -0.3 is 10.7 Å². The first kappa shape index (κ1) is 9.84. The number of rotatable bonds is 5. The Morgan fingerprint density at radius 1 is 1.19 bits per heavy atom. The molecule has 1 aromatic rings. The number of aromatic nitrogens is 2. The minimum absolute atomic E-state index is 0.551. The summed E-state index contributed by atoms with van der Waals surface area (Å²) >= 11 is 0. The number of nitrogen functional groups attached to an aromatic ring is 1. The van der Waals surface area contributed by atoms with Crippen molar-refractivity contribution >= 4 is 11.6 Å². The molecule has 86 valence electrons. The van der Waals surface area contributed by atoms with Gasteiger partial charge in [0.2, 0.25) is 0 Å². The van der Waals surface area contributed by atoms with Crippen molar-refractivity contribution in [1.29, 1.82) is 0 Å². The molecule has 5 nitrogen and oxygen atoms in total. The first-order chi connectivity index (χ1) is 7.85. The minimum Gasteiger partial charge on any atom is -0.370 e. The molecule has 0 unspecified atom stereocenters. The molecule has 2 saturated carbocycles. The average molecular weight is 219 g/mol. The summed E-state index contributed by atoms with van der Waals surface area (Å²) in [5.74, 6) is 9.33. The zero-order valence-electron chi connectivity index (χ0n) is 9.24. The number of nitrogens with zero attached hydrogens (tertiary/aromatic N) is 2. The zero-order valence-corrected chi connectivity index (χ0v) is 9.24. The van der Waals surface area contributed by atoms with E-state index in [1.54, 1.807) is 0 Å². The second kappa shape index (κ2) is 3.90. The Balaban J connectivity index is 1.75. The van der Waals surface area contributed by atoms with Crippen LogP contribution in [0.25, 0.3) is 0 Å². The second-order valence-corrected chi connectivity index (χ2v) is 4.74. The van der Waals surface area contributed by atoms with Gasteiger partial charge >= 0.3 is 0 Å². The molecule has 2 fully saturated rings. The van der Waals surface area contributed by atoms with E-state index in [2.05, 4.69) is 20.7 Å². The van der Waals surface area contributed by atoms with Crippen molar-refractivity contribution in [2.45, 2.75) is 31.6 Å². The van der Waals surface area contributed by atoms with E-state index >= 15 is 0 Å². The molecule has 1 heterocycles. The summed E-state index contributed by atoms with van der Waals surface area (Å²) in [6.07, 6.45) is 5.09. The molecule has 0 saturated heterocycles. The minimum atomic E-state index is 0.551. The summed E-state index contributed by atoms with van der Waals surface area (Å²) in [4.78, 5) is 8.89. The van der Waals surface area contributed by atoms with E-state index in [9.17, 15) is 0 Å². The highest BCUT2D eigenvalue weighted by Gasteiger charge is 2.27. The third kappa shape index (κ3) is 2.24. The largest absolute Gasteiger partial charge is 0.370 e. The number of hydrogen-bond acceptors (Lipinski definition) is 5. The van der Waals surface area contributed by atoms with Gasteiger partial charge in [0.25, 0.3) is 0 Å². The normalized spacial score (nSPS) is 19.6. The Kier molecular flexibility index (Phi) is 2.40. The second-order valence-electron chi connectivity index (χ2n) is 4.74. The van der Waals surface area contributed by atoms with Crippen molar-refractivity contribution in [2.75, 3.05) is 17.3 Å². The number of hydrazine groups is 1. The highest BCUT2D eigenvalue weighted by molar-refractivity contribution is 5.47. The van der Waals surface area contributed by atoms with E-state index in [1.807, 2.05) is 6.07 Å². The first-order valence-electron chi connectivity index (χ1n) is 5.94. The lowest BCUT2D eigenvalue weighted by Gasteiger charge is -2.08. The first-order valence-corrected chi connectivity index (χ1v) is 5.94. The van der Waals surface area contributed by atoms with Gasteiger partial charge in [0.05, 0.1) is 0 Å². The Morgan fingerprint density at radius 3 is 2.56 bits per heavy atom. The third-order valence-electron chi connectivity index (χ3n) is 3.10. The van der Waals surface area contributed by atoms with Crippen LogP contribution in [0.5, 0.6) is 0 Å². The highest BCUT2D eigenvalue weighted by Crippen LogP contribution is 2.38. The van der Waals surface area contributed by atoms with Crippen molar-refractivity contribution in [2.24, 2.45) is 11.8 Å². The van der Waals surface area contributed by atoms with Gasteiger partial charge in [0, 0.05) is 18.5 Å². The Hall–Kier alpha value is -1.36. The predicted molar refractivity (Wildman–Crippen MR) is 63.0 cm³/mol.